The molecule has 0 amide bonds. The Balaban J connectivity index is 2.00. The lowest BCUT2D eigenvalue weighted by molar-refractivity contribution is 0.486. The average Bonchev–Trinajstić information content (AvgIpc) is 3.15. The predicted molar refractivity (Wildman–Crippen MR) is 104 cm³/mol. The second-order valence-corrected chi connectivity index (χ2v) is 9.65. The minimum atomic E-state index is -4.38. The maximum absolute atomic E-state index is 14.7. The van der Waals surface area contributed by atoms with E-state index in [9.17, 15) is 17.4 Å². The van der Waals surface area contributed by atoms with Gasteiger partial charge in [0.25, 0.3) is 0 Å². The van der Waals surface area contributed by atoms with Gasteiger partial charge < -0.3 is 4.57 Å². The smallest absolute Gasteiger partial charge is 0.304 e. The fraction of sp³-hybridized carbons (Fsp3) is 0.316. The van der Waals surface area contributed by atoms with Crippen molar-refractivity contribution in [3.63, 3.8) is 0 Å². The van der Waals surface area contributed by atoms with Crippen LogP contribution in [0.15, 0.2) is 40.9 Å². The molecule has 0 atom stereocenters. The van der Waals surface area contributed by atoms with Crippen LogP contribution < -0.4 is 0 Å². The molecule has 0 aliphatic heterocycles. The van der Waals surface area contributed by atoms with Gasteiger partial charge in [-0.3, -0.25) is 4.55 Å². The van der Waals surface area contributed by atoms with Crippen LogP contribution in [0.25, 0.3) is 11.1 Å². The van der Waals surface area contributed by atoms with E-state index in [1.807, 2.05) is 25.3 Å². The highest BCUT2D eigenvalue weighted by Gasteiger charge is 2.22. The number of hydrogen-bond acceptors (Lipinski definition) is 4. The molecule has 0 radical (unpaired) electrons. The Morgan fingerprint density at radius 1 is 1.30 bits per heavy atom. The molecule has 3 aromatic rings. The van der Waals surface area contributed by atoms with Crippen LogP contribution in [-0.4, -0.2) is 22.5 Å². The molecule has 0 aliphatic rings. The van der Waals surface area contributed by atoms with E-state index in [4.69, 9.17) is 0 Å². The Kier molecular flexibility index (Phi) is 5.50. The minimum absolute atomic E-state index is 0.143. The summed E-state index contributed by atoms with van der Waals surface area (Å²) in [4.78, 5) is 4.96. The van der Waals surface area contributed by atoms with Gasteiger partial charge in [0.1, 0.15) is 11.6 Å². The summed E-state index contributed by atoms with van der Waals surface area (Å²) in [5.41, 5.74) is 1.24. The zero-order valence-corrected chi connectivity index (χ0v) is 16.9. The summed E-state index contributed by atoms with van der Waals surface area (Å²) >= 11 is 1.03. The van der Waals surface area contributed by atoms with E-state index in [0.29, 0.717) is 35.6 Å². The first-order valence-electron chi connectivity index (χ1n) is 8.52. The summed E-state index contributed by atoms with van der Waals surface area (Å²) in [5.74, 6) is 0.685. The molecule has 27 heavy (non-hydrogen) atoms. The highest BCUT2D eigenvalue weighted by atomic mass is 32.3. The van der Waals surface area contributed by atoms with Gasteiger partial charge in [-0.2, -0.15) is 8.42 Å². The van der Waals surface area contributed by atoms with E-state index in [1.54, 1.807) is 30.6 Å². The standard InChI is InChI=1S/C19H21FN2O3S2/c1-12(2)8-16-10-17(19(26-16)27(23,24)25)14-4-5-15(18(20)9-14)11-22-7-6-21-13(22)3/h4-7,9-10,12H,8,11H2,1-3H3,(H,23,24,25). The van der Waals surface area contributed by atoms with Gasteiger partial charge >= 0.3 is 10.1 Å². The fourth-order valence-corrected chi connectivity index (χ4v) is 5.23. The van der Waals surface area contributed by atoms with Crippen LogP contribution in [0.2, 0.25) is 0 Å². The lowest BCUT2D eigenvalue weighted by Gasteiger charge is -2.09. The number of imidazole rings is 1. The third-order valence-electron chi connectivity index (χ3n) is 4.22. The molecule has 1 aromatic carbocycles. The lowest BCUT2D eigenvalue weighted by Crippen LogP contribution is -2.03. The van der Waals surface area contributed by atoms with Crippen molar-refractivity contribution in [2.24, 2.45) is 5.92 Å². The van der Waals surface area contributed by atoms with Crippen molar-refractivity contribution in [3.05, 3.63) is 58.7 Å². The van der Waals surface area contributed by atoms with Crippen LogP contribution in [-0.2, 0) is 23.1 Å². The van der Waals surface area contributed by atoms with Gasteiger partial charge in [-0.05, 0) is 37.0 Å². The van der Waals surface area contributed by atoms with Crippen LogP contribution in [0.3, 0.4) is 0 Å². The quantitative estimate of drug-likeness (QED) is 0.607. The SMILES string of the molecule is Cc1nccn1Cc1ccc(-c2cc(CC(C)C)sc2S(=O)(=O)O)cc1F. The van der Waals surface area contributed by atoms with Crippen LogP contribution in [0.5, 0.6) is 0 Å². The Bertz CT molecular complexity index is 1070. The summed E-state index contributed by atoms with van der Waals surface area (Å²) in [6.45, 7) is 6.23. The molecule has 0 aliphatic carbocycles. The summed E-state index contributed by atoms with van der Waals surface area (Å²) < 4.78 is 49.5. The summed E-state index contributed by atoms with van der Waals surface area (Å²) in [6.07, 6.45) is 4.12. The highest BCUT2D eigenvalue weighted by molar-refractivity contribution is 7.88. The number of nitrogens with zero attached hydrogens (tertiary/aromatic N) is 2. The van der Waals surface area contributed by atoms with Crippen LogP contribution in [0.4, 0.5) is 4.39 Å². The van der Waals surface area contributed by atoms with Crippen LogP contribution in [0.1, 0.15) is 30.1 Å². The third-order valence-corrected chi connectivity index (χ3v) is 6.74. The molecule has 5 nitrogen and oxygen atoms in total. The molecule has 2 aromatic heterocycles. The number of benzene rings is 1. The van der Waals surface area contributed by atoms with E-state index in [0.717, 1.165) is 22.0 Å². The normalized spacial score (nSPS) is 12.1. The molecular formula is C19H21FN2O3S2. The van der Waals surface area contributed by atoms with Crippen molar-refractivity contribution in [2.75, 3.05) is 0 Å². The van der Waals surface area contributed by atoms with E-state index in [2.05, 4.69) is 4.98 Å². The van der Waals surface area contributed by atoms with Crippen molar-refractivity contribution < 1.29 is 17.4 Å². The predicted octanol–water partition coefficient (Wildman–Crippen LogP) is 4.55. The van der Waals surface area contributed by atoms with E-state index >= 15 is 0 Å². The maximum Gasteiger partial charge on any atom is 0.304 e. The van der Waals surface area contributed by atoms with Gasteiger partial charge in [-0.1, -0.05) is 26.0 Å². The minimum Gasteiger partial charge on any atom is -0.331 e. The first-order chi connectivity index (χ1) is 12.6. The summed E-state index contributed by atoms with van der Waals surface area (Å²) in [5, 5.41) is 0. The number of thiophene rings is 1. The molecule has 0 saturated heterocycles. The molecule has 0 saturated carbocycles. The van der Waals surface area contributed by atoms with Gasteiger partial charge in [0.2, 0.25) is 0 Å². The third kappa shape index (κ3) is 4.45. The molecule has 0 bridgehead atoms. The highest BCUT2D eigenvalue weighted by Crippen LogP contribution is 2.36. The number of hydrogen-bond donors (Lipinski definition) is 1. The lowest BCUT2D eigenvalue weighted by atomic mass is 10.0. The monoisotopic (exact) mass is 408 g/mol. The van der Waals surface area contributed by atoms with E-state index < -0.39 is 15.9 Å². The topological polar surface area (TPSA) is 72.2 Å². The van der Waals surface area contributed by atoms with Gasteiger partial charge in [0.05, 0.1) is 6.54 Å². The van der Waals surface area contributed by atoms with Crippen molar-refractivity contribution in [1.82, 2.24) is 9.55 Å². The van der Waals surface area contributed by atoms with Crippen molar-refractivity contribution in [2.45, 2.75) is 37.9 Å². The van der Waals surface area contributed by atoms with Crippen molar-refractivity contribution in [1.29, 1.82) is 0 Å². The second kappa shape index (κ2) is 7.53. The summed E-state index contributed by atoms with van der Waals surface area (Å²) in [7, 11) is -4.38. The zero-order valence-electron chi connectivity index (χ0n) is 15.3. The van der Waals surface area contributed by atoms with Gasteiger partial charge in [-0.25, -0.2) is 9.37 Å². The molecule has 0 spiro atoms. The Morgan fingerprint density at radius 3 is 2.59 bits per heavy atom. The Hall–Kier alpha value is -2.03. The Morgan fingerprint density at radius 2 is 2.04 bits per heavy atom. The fourth-order valence-electron chi connectivity index (χ4n) is 2.92. The molecule has 0 fully saturated rings. The molecule has 2 heterocycles. The van der Waals surface area contributed by atoms with Crippen LogP contribution in [0, 0.1) is 18.7 Å². The maximum atomic E-state index is 14.7. The molecule has 1 N–H and O–H groups in total. The molecule has 8 heteroatoms. The second-order valence-electron chi connectivity index (χ2n) is 6.90. The number of rotatable bonds is 6. The zero-order chi connectivity index (χ0) is 19.8. The first kappa shape index (κ1) is 19.7. The number of halogens is 1. The largest absolute Gasteiger partial charge is 0.331 e. The first-order valence-corrected chi connectivity index (χ1v) is 10.8. The van der Waals surface area contributed by atoms with Crippen LogP contribution >= 0.6 is 11.3 Å². The van der Waals surface area contributed by atoms with Crippen molar-refractivity contribution in [3.8, 4) is 11.1 Å². The van der Waals surface area contributed by atoms with Crippen molar-refractivity contribution >= 4 is 21.5 Å². The van der Waals surface area contributed by atoms with E-state index in [1.165, 1.54) is 6.07 Å². The van der Waals surface area contributed by atoms with E-state index in [-0.39, 0.29) is 4.21 Å². The number of aromatic nitrogens is 2. The average molecular weight is 409 g/mol. The molecule has 144 valence electrons. The molecule has 0 unspecified atom stereocenters. The van der Waals surface area contributed by atoms with Gasteiger partial charge in [0, 0.05) is 28.4 Å². The Labute approximate surface area is 162 Å². The van der Waals surface area contributed by atoms with Gasteiger partial charge in [0.15, 0.2) is 4.21 Å². The molecule has 3 rings (SSSR count). The number of aryl methyl sites for hydroxylation is 1. The summed E-state index contributed by atoms with van der Waals surface area (Å²) in [6, 6.07) is 6.36. The van der Waals surface area contributed by atoms with Gasteiger partial charge in [-0.15, -0.1) is 11.3 Å². The molecular weight excluding hydrogens is 387 g/mol.